The van der Waals surface area contributed by atoms with Gasteiger partial charge in [-0.25, -0.2) is 0 Å². The second-order valence-corrected chi connectivity index (χ2v) is 6.18. The van der Waals surface area contributed by atoms with Crippen molar-refractivity contribution in [3.05, 3.63) is 35.9 Å². The predicted octanol–water partition coefficient (Wildman–Crippen LogP) is 0.803. The molecule has 2 heterocycles. The molecule has 0 spiro atoms. The van der Waals surface area contributed by atoms with Crippen LogP contribution in [0.5, 0.6) is 0 Å². The second-order valence-electron chi connectivity index (χ2n) is 6.18. The van der Waals surface area contributed by atoms with Crippen LogP contribution in [-0.2, 0) is 25.6 Å². The average Bonchev–Trinajstić information content (AvgIpc) is 2.91. The van der Waals surface area contributed by atoms with Crippen molar-refractivity contribution < 1.29 is 29.2 Å². The summed E-state index contributed by atoms with van der Waals surface area (Å²) in [4.78, 5) is 0. The lowest BCUT2D eigenvalue weighted by Gasteiger charge is -2.27. The molecule has 2 unspecified atom stereocenters. The van der Waals surface area contributed by atoms with E-state index in [0.29, 0.717) is 6.61 Å². The number of hydrogen-bond acceptors (Lipinski definition) is 6. The first-order valence-corrected chi connectivity index (χ1v) is 7.41. The molecule has 4 atom stereocenters. The fourth-order valence-electron chi connectivity index (χ4n) is 3.07. The number of fused-ring (bicyclic) bond motifs is 1. The van der Waals surface area contributed by atoms with Crippen LogP contribution in [0.2, 0.25) is 0 Å². The molecule has 122 valence electrons. The monoisotopic (exact) mass is 310 g/mol. The van der Waals surface area contributed by atoms with E-state index in [1.54, 1.807) is 13.8 Å². The number of aliphatic hydroxyl groups is 2. The van der Waals surface area contributed by atoms with E-state index < -0.39 is 29.9 Å². The molecule has 0 aromatic heterocycles. The van der Waals surface area contributed by atoms with Crippen LogP contribution in [0.4, 0.5) is 0 Å². The Bertz CT molecular complexity index is 505. The minimum atomic E-state index is -1.25. The fourth-order valence-corrected chi connectivity index (χ4v) is 3.07. The van der Waals surface area contributed by atoms with Crippen molar-refractivity contribution in [1.29, 1.82) is 0 Å². The Balaban J connectivity index is 1.63. The molecule has 2 N–H and O–H groups in total. The Hall–Kier alpha value is -1.02. The normalized spacial score (nSPS) is 36.5. The third-order valence-corrected chi connectivity index (χ3v) is 4.03. The van der Waals surface area contributed by atoms with Crippen molar-refractivity contribution in [3.63, 3.8) is 0 Å². The third-order valence-electron chi connectivity index (χ3n) is 4.03. The van der Waals surface area contributed by atoms with E-state index in [2.05, 4.69) is 0 Å². The predicted molar refractivity (Wildman–Crippen MR) is 76.8 cm³/mol. The maximum atomic E-state index is 10.1. The molecular formula is C16H22O6. The molecule has 2 aliphatic heterocycles. The standard InChI is InChI=1S/C16H22O6/c1-15(2)21-13-12(20-14(18)16(13,10-17)22-15)9-19-8-11-6-4-3-5-7-11/h3-7,12-14,17-18H,8-10H2,1-2H3/t12-,13?,14-,16?/m1/s1. The molecule has 2 aliphatic rings. The third kappa shape index (κ3) is 2.78. The summed E-state index contributed by atoms with van der Waals surface area (Å²) in [5, 5.41) is 19.8. The Morgan fingerprint density at radius 1 is 1.23 bits per heavy atom. The van der Waals surface area contributed by atoms with Gasteiger partial charge < -0.3 is 29.2 Å². The minimum absolute atomic E-state index is 0.248. The molecule has 3 rings (SSSR count). The first kappa shape index (κ1) is 15.9. The summed E-state index contributed by atoms with van der Waals surface area (Å²) in [6.07, 6.45) is -2.31. The summed E-state index contributed by atoms with van der Waals surface area (Å²) in [7, 11) is 0. The van der Waals surface area contributed by atoms with Crippen molar-refractivity contribution in [1.82, 2.24) is 0 Å². The fraction of sp³-hybridized carbons (Fsp3) is 0.625. The molecule has 6 heteroatoms. The Labute approximate surface area is 129 Å². The zero-order valence-electron chi connectivity index (χ0n) is 12.8. The Morgan fingerprint density at radius 3 is 2.64 bits per heavy atom. The number of ether oxygens (including phenoxy) is 4. The van der Waals surface area contributed by atoms with E-state index in [0.717, 1.165) is 5.56 Å². The smallest absolute Gasteiger partial charge is 0.189 e. The van der Waals surface area contributed by atoms with Crippen molar-refractivity contribution in [2.45, 2.75) is 50.3 Å². The molecule has 1 aromatic carbocycles. The van der Waals surface area contributed by atoms with Gasteiger partial charge in [0.2, 0.25) is 0 Å². The number of aliphatic hydroxyl groups excluding tert-OH is 2. The maximum Gasteiger partial charge on any atom is 0.189 e. The summed E-state index contributed by atoms with van der Waals surface area (Å²) in [6, 6.07) is 9.78. The lowest BCUT2D eigenvalue weighted by molar-refractivity contribution is -0.255. The second kappa shape index (κ2) is 5.88. The molecule has 0 bridgehead atoms. The highest BCUT2D eigenvalue weighted by molar-refractivity contribution is 5.13. The molecule has 0 saturated carbocycles. The van der Waals surface area contributed by atoms with Crippen LogP contribution in [0.3, 0.4) is 0 Å². The van der Waals surface area contributed by atoms with Crippen LogP contribution in [0.1, 0.15) is 19.4 Å². The van der Waals surface area contributed by atoms with E-state index in [4.69, 9.17) is 18.9 Å². The van der Waals surface area contributed by atoms with Crippen LogP contribution in [0, 0.1) is 0 Å². The lowest BCUT2D eigenvalue weighted by Crippen LogP contribution is -2.50. The van der Waals surface area contributed by atoms with Gasteiger partial charge in [0.1, 0.15) is 12.2 Å². The minimum Gasteiger partial charge on any atom is -0.393 e. The van der Waals surface area contributed by atoms with Crippen molar-refractivity contribution in [2.24, 2.45) is 0 Å². The largest absolute Gasteiger partial charge is 0.393 e. The quantitative estimate of drug-likeness (QED) is 0.838. The summed E-state index contributed by atoms with van der Waals surface area (Å²) in [5.74, 6) is -0.879. The molecular weight excluding hydrogens is 288 g/mol. The molecule has 6 nitrogen and oxygen atoms in total. The van der Waals surface area contributed by atoms with E-state index >= 15 is 0 Å². The van der Waals surface area contributed by atoms with Gasteiger partial charge in [0.15, 0.2) is 17.7 Å². The molecule has 0 radical (unpaired) electrons. The average molecular weight is 310 g/mol. The van der Waals surface area contributed by atoms with Crippen molar-refractivity contribution >= 4 is 0 Å². The molecule has 22 heavy (non-hydrogen) atoms. The van der Waals surface area contributed by atoms with Gasteiger partial charge >= 0.3 is 0 Å². The summed E-state index contributed by atoms with van der Waals surface area (Å²) in [6.45, 7) is 3.81. The Kier molecular flexibility index (Phi) is 4.24. The highest BCUT2D eigenvalue weighted by Crippen LogP contribution is 2.45. The van der Waals surface area contributed by atoms with E-state index in [9.17, 15) is 10.2 Å². The van der Waals surface area contributed by atoms with Gasteiger partial charge in [0, 0.05) is 0 Å². The van der Waals surface area contributed by atoms with Crippen LogP contribution in [0.15, 0.2) is 30.3 Å². The summed E-state index contributed by atoms with van der Waals surface area (Å²) >= 11 is 0. The van der Waals surface area contributed by atoms with Crippen molar-refractivity contribution in [3.8, 4) is 0 Å². The molecule has 1 aromatic rings. The lowest BCUT2D eigenvalue weighted by atomic mass is 9.96. The zero-order valence-corrected chi connectivity index (χ0v) is 12.8. The van der Waals surface area contributed by atoms with Crippen LogP contribution < -0.4 is 0 Å². The summed E-state index contributed by atoms with van der Waals surface area (Å²) in [5.41, 5.74) is -0.192. The molecule has 2 saturated heterocycles. The number of rotatable bonds is 5. The number of hydrogen-bond donors (Lipinski definition) is 2. The molecule has 0 amide bonds. The first-order chi connectivity index (χ1) is 10.5. The van der Waals surface area contributed by atoms with Crippen LogP contribution in [0.25, 0.3) is 0 Å². The zero-order chi connectivity index (χ0) is 15.8. The van der Waals surface area contributed by atoms with Crippen LogP contribution >= 0.6 is 0 Å². The van der Waals surface area contributed by atoms with E-state index in [-0.39, 0.29) is 13.2 Å². The van der Waals surface area contributed by atoms with E-state index in [1.165, 1.54) is 0 Å². The highest BCUT2D eigenvalue weighted by atomic mass is 16.8. The van der Waals surface area contributed by atoms with E-state index in [1.807, 2.05) is 30.3 Å². The molecule has 0 aliphatic carbocycles. The Morgan fingerprint density at radius 2 is 1.95 bits per heavy atom. The first-order valence-electron chi connectivity index (χ1n) is 7.41. The van der Waals surface area contributed by atoms with Gasteiger partial charge in [-0.2, -0.15) is 0 Å². The topological polar surface area (TPSA) is 77.4 Å². The summed E-state index contributed by atoms with van der Waals surface area (Å²) < 4.78 is 22.7. The van der Waals surface area contributed by atoms with Gasteiger partial charge in [-0.3, -0.25) is 0 Å². The maximum absolute atomic E-state index is 10.1. The highest BCUT2D eigenvalue weighted by Gasteiger charge is 2.65. The number of benzene rings is 1. The van der Waals surface area contributed by atoms with Gasteiger partial charge in [-0.05, 0) is 19.4 Å². The van der Waals surface area contributed by atoms with Gasteiger partial charge in [0.25, 0.3) is 0 Å². The van der Waals surface area contributed by atoms with Crippen molar-refractivity contribution in [2.75, 3.05) is 13.2 Å². The van der Waals surface area contributed by atoms with Crippen LogP contribution in [-0.4, -0.2) is 53.3 Å². The SMILES string of the molecule is CC1(C)OC2[C@@H](COCc3ccccc3)O[C@@H](O)C2(CO)O1. The van der Waals surface area contributed by atoms with Gasteiger partial charge in [-0.15, -0.1) is 0 Å². The molecule has 2 fully saturated rings. The van der Waals surface area contributed by atoms with Gasteiger partial charge in [0.05, 0.1) is 19.8 Å². The van der Waals surface area contributed by atoms with Gasteiger partial charge in [-0.1, -0.05) is 30.3 Å².